The van der Waals surface area contributed by atoms with Gasteiger partial charge in [-0.1, -0.05) is 309 Å². The molecule has 0 bridgehead atoms. The summed E-state index contributed by atoms with van der Waals surface area (Å²) in [6.45, 7) is 1.81. The van der Waals surface area contributed by atoms with Crippen LogP contribution in [0, 0.1) is 0 Å². The van der Waals surface area contributed by atoms with Gasteiger partial charge in [0.05, 0.1) is 38.6 Å². The first kappa shape index (κ1) is 88.7. The maximum atomic E-state index is 13.4. The lowest BCUT2D eigenvalue weighted by atomic mass is 9.96. The van der Waals surface area contributed by atoms with Gasteiger partial charge < -0.3 is 89.9 Å². The number of ether oxygens (including phenoxy) is 6. The number of amides is 1. The van der Waals surface area contributed by atoms with Gasteiger partial charge in [-0.05, 0) is 38.5 Å². The van der Waals surface area contributed by atoms with Gasteiger partial charge in [0.15, 0.2) is 18.9 Å². The predicted molar refractivity (Wildman–Crippen MR) is 379 cm³/mol. The summed E-state index contributed by atoms with van der Waals surface area (Å²) < 4.78 is 34.4. The van der Waals surface area contributed by atoms with E-state index in [4.69, 9.17) is 28.4 Å². The molecule has 12 N–H and O–H groups in total. The second-order valence-corrected chi connectivity index (χ2v) is 28.9. The molecule has 0 saturated carbocycles. The van der Waals surface area contributed by atoms with Crippen LogP contribution in [0.5, 0.6) is 0 Å². The summed E-state index contributed by atoms with van der Waals surface area (Å²) in [4.78, 5) is 13.4. The standard InChI is InChI=1S/C77H147NO18/c1-3-5-7-9-11-13-15-16-17-18-19-20-21-22-23-24-25-26-27-28-29-30-31-32-33-34-35-36-37-38-39-40-41-42-43-44-45-47-49-51-53-55-65(83)78-60(61(82)54-52-50-48-46-14-12-10-8-6-4-2)59-91-75-71(89)68(86)73(63(57-80)93-75)96-77-72(90)69(87)74(64(58-81)94-77)95-76-70(88)67(85)66(84)62(56-79)92-76/h18-19,60-64,66-77,79-82,84-90H,3-17,20-59H2,1-2H3,(H,78,83)/b19-18-. The highest BCUT2D eigenvalue weighted by atomic mass is 16.8. The minimum absolute atomic E-state index is 0.237. The summed E-state index contributed by atoms with van der Waals surface area (Å²) in [6.07, 6.45) is 42.3. The van der Waals surface area contributed by atoms with Gasteiger partial charge in [-0.3, -0.25) is 4.79 Å². The molecule has 568 valence electrons. The molecule has 96 heavy (non-hydrogen) atoms. The van der Waals surface area contributed by atoms with E-state index < -0.39 is 124 Å². The third-order valence-corrected chi connectivity index (χ3v) is 20.3. The average molecular weight is 1380 g/mol. The largest absolute Gasteiger partial charge is 0.394 e. The lowest BCUT2D eigenvalue weighted by Crippen LogP contribution is -2.66. The molecule has 3 fully saturated rings. The molecule has 17 unspecified atom stereocenters. The molecular weight excluding hydrogens is 1230 g/mol. The van der Waals surface area contributed by atoms with Crippen LogP contribution in [0.4, 0.5) is 0 Å². The number of aliphatic hydroxyl groups excluding tert-OH is 11. The van der Waals surface area contributed by atoms with Gasteiger partial charge in [0.2, 0.25) is 5.91 Å². The number of nitrogens with one attached hydrogen (secondary N) is 1. The van der Waals surface area contributed by atoms with Gasteiger partial charge in [-0.25, -0.2) is 0 Å². The zero-order valence-electron chi connectivity index (χ0n) is 60.6. The van der Waals surface area contributed by atoms with Crippen LogP contribution in [0.1, 0.15) is 341 Å². The van der Waals surface area contributed by atoms with Gasteiger partial charge >= 0.3 is 0 Å². The molecule has 3 aliphatic heterocycles. The average Bonchev–Trinajstić information content (AvgIpc) is 0.849. The van der Waals surface area contributed by atoms with Crippen molar-refractivity contribution in [2.75, 3.05) is 26.4 Å². The lowest BCUT2D eigenvalue weighted by Gasteiger charge is -2.48. The van der Waals surface area contributed by atoms with Crippen molar-refractivity contribution in [3.05, 3.63) is 12.2 Å². The van der Waals surface area contributed by atoms with E-state index in [0.717, 1.165) is 44.9 Å². The summed E-state index contributed by atoms with van der Waals surface area (Å²) in [5, 5.41) is 121. The number of hydrogen-bond acceptors (Lipinski definition) is 18. The molecule has 3 rings (SSSR count). The fourth-order valence-corrected chi connectivity index (χ4v) is 13.9. The number of carbonyl (C=O) groups is 1. The molecule has 3 aliphatic rings. The minimum atomic E-state index is -1.97. The third kappa shape index (κ3) is 39.3. The summed E-state index contributed by atoms with van der Waals surface area (Å²) >= 11 is 0. The Kier molecular flexibility index (Phi) is 54.5. The van der Waals surface area contributed by atoms with Gasteiger partial charge in [0.1, 0.15) is 73.2 Å². The van der Waals surface area contributed by atoms with Crippen LogP contribution < -0.4 is 5.32 Å². The van der Waals surface area contributed by atoms with E-state index in [1.165, 1.54) is 263 Å². The molecule has 0 aromatic rings. The van der Waals surface area contributed by atoms with E-state index in [1.807, 2.05) is 0 Å². The van der Waals surface area contributed by atoms with Crippen molar-refractivity contribution in [3.63, 3.8) is 0 Å². The van der Waals surface area contributed by atoms with Crippen LogP contribution in [-0.2, 0) is 33.2 Å². The number of unbranched alkanes of at least 4 members (excludes halogenated alkanes) is 46. The predicted octanol–water partition coefficient (Wildman–Crippen LogP) is 12.8. The third-order valence-electron chi connectivity index (χ3n) is 20.3. The quantitative estimate of drug-likeness (QED) is 0.0199. The highest BCUT2D eigenvalue weighted by Crippen LogP contribution is 2.33. The van der Waals surface area contributed by atoms with E-state index in [9.17, 15) is 61.0 Å². The van der Waals surface area contributed by atoms with Crippen LogP contribution in [-0.4, -0.2) is 193 Å². The first-order valence-electron chi connectivity index (χ1n) is 39.9. The van der Waals surface area contributed by atoms with Gasteiger partial charge in [-0.15, -0.1) is 0 Å². The fourth-order valence-electron chi connectivity index (χ4n) is 13.9. The summed E-state index contributed by atoms with van der Waals surface area (Å²) in [5.74, 6) is -0.237. The SMILES string of the molecule is CCCCCCCCCC/C=C\CCCCCCCCCCCCCCCCCCCCCCCCCCCCCCCC(=O)NC(COC1OC(CO)C(OC2OC(CO)C(OC3OC(CO)C(O)C(O)C3O)C(O)C2O)C(O)C1O)C(O)CCCCCCCCCCCC. The Morgan fingerprint density at radius 2 is 0.656 bits per heavy atom. The Morgan fingerprint density at radius 3 is 1.01 bits per heavy atom. The number of hydrogen-bond donors (Lipinski definition) is 12. The molecule has 3 heterocycles. The monoisotopic (exact) mass is 1370 g/mol. The van der Waals surface area contributed by atoms with Crippen LogP contribution in [0.15, 0.2) is 12.2 Å². The van der Waals surface area contributed by atoms with E-state index in [2.05, 4.69) is 31.3 Å². The molecular formula is C77H147NO18. The molecule has 0 aliphatic carbocycles. The molecule has 19 heteroatoms. The van der Waals surface area contributed by atoms with Gasteiger partial charge in [0, 0.05) is 6.42 Å². The number of rotatable bonds is 64. The Labute approximate surface area is 582 Å². The van der Waals surface area contributed by atoms with E-state index in [-0.39, 0.29) is 18.9 Å². The van der Waals surface area contributed by atoms with Crippen molar-refractivity contribution < 1.29 is 89.4 Å². The van der Waals surface area contributed by atoms with Crippen molar-refractivity contribution >= 4 is 5.91 Å². The Bertz CT molecular complexity index is 1790. The Hall–Kier alpha value is -1.47. The van der Waals surface area contributed by atoms with Crippen molar-refractivity contribution in [2.45, 2.75) is 446 Å². The van der Waals surface area contributed by atoms with Crippen molar-refractivity contribution in [2.24, 2.45) is 0 Å². The minimum Gasteiger partial charge on any atom is -0.394 e. The number of aliphatic hydroxyl groups is 11. The molecule has 0 spiro atoms. The zero-order valence-corrected chi connectivity index (χ0v) is 60.6. The zero-order chi connectivity index (χ0) is 69.6. The molecule has 19 nitrogen and oxygen atoms in total. The topological polar surface area (TPSA) is 307 Å². The first-order valence-corrected chi connectivity index (χ1v) is 39.9. The normalized spacial score (nSPS) is 27.0. The van der Waals surface area contributed by atoms with Crippen LogP contribution >= 0.6 is 0 Å². The van der Waals surface area contributed by atoms with Crippen molar-refractivity contribution in [1.82, 2.24) is 5.32 Å². The van der Waals surface area contributed by atoms with Crippen LogP contribution in [0.3, 0.4) is 0 Å². The van der Waals surface area contributed by atoms with E-state index in [0.29, 0.717) is 12.8 Å². The van der Waals surface area contributed by atoms with Crippen molar-refractivity contribution in [3.8, 4) is 0 Å². The summed E-state index contributed by atoms with van der Waals surface area (Å²) in [5.41, 5.74) is 0. The highest BCUT2D eigenvalue weighted by Gasteiger charge is 2.54. The van der Waals surface area contributed by atoms with Crippen LogP contribution in [0.25, 0.3) is 0 Å². The Morgan fingerprint density at radius 1 is 0.365 bits per heavy atom. The van der Waals surface area contributed by atoms with E-state index in [1.54, 1.807) is 0 Å². The molecule has 3 saturated heterocycles. The molecule has 1 amide bonds. The molecule has 0 aromatic heterocycles. The maximum Gasteiger partial charge on any atom is 0.220 e. The van der Waals surface area contributed by atoms with Gasteiger partial charge in [-0.2, -0.15) is 0 Å². The van der Waals surface area contributed by atoms with E-state index >= 15 is 0 Å². The lowest BCUT2D eigenvalue weighted by molar-refractivity contribution is -0.379. The highest BCUT2D eigenvalue weighted by molar-refractivity contribution is 5.76. The molecule has 17 atom stereocenters. The van der Waals surface area contributed by atoms with Crippen LogP contribution in [0.2, 0.25) is 0 Å². The van der Waals surface area contributed by atoms with Crippen molar-refractivity contribution in [1.29, 1.82) is 0 Å². The Balaban J connectivity index is 1.23. The fraction of sp³-hybridized carbons (Fsp3) is 0.961. The number of carbonyl (C=O) groups excluding carboxylic acids is 1. The maximum absolute atomic E-state index is 13.4. The van der Waals surface area contributed by atoms with Gasteiger partial charge in [0.25, 0.3) is 0 Å². The second-order valence-electron chi connectivity index (χ2n) is 28.9. The smallest absolute Gasteiger partial charge is 0.220 e. The second kappa shape index (κ2) is 59.0. The summed E-state index contributed by atoms with van der Waals surface area (Å²) in [7, 11) is 0. The first-order chi connectivity index (χ1) is 46.8. The molecule has 0 aromatic carbocycles. The summed E-state index contributed by atoms with van der Waals surface area (Å²) in [6, 6.07) is -0.881. The number of allylic oxidation sites excluding steroid dienone is 2. The molecule has 0 radical (unpaired) electrons.